The highest BCUT2D eigenvalue weighted by Gasteiger charge is 2.35. The number of hydrogen-bond donors (Lipinski definition) is 0. The molecule has 1 aromatic carbocycles. The molecule has 146 valence electrons. The van der Waals surface area contributed by atoms with Crippen LogP contribution < -0.4 is 9.47 Å². The van der Waals surface area contributed by atoms with Crippen LogP contribution >= 0.6 is 0 Å². The van der Waals surface area contributed by atoms with Crippen molar-refractivity contribution >= 4 is 20.0 Å². The zero-order valence-electron chi connectivity index (χ0n) is 15.0. The van der Waals surface area contributed by atoms with E-state index in [4.69, 9.17) is 9.47 Å². The standard InChI is InChI=1S/C16H24N2O6S2/c1-23-13-11-14(24-2)16(26(21,22)18-9-5-6-10-18)12-15(13)25(19,20)17-7-3-4-8-17/h11-12H,3-10H2,1-2H3. The van der Waals surface area contributed by atoms with Crippen molar-refractivity contribution in [2.75, 3.05) is 40.4 Å². The van der Waals surface area contributed by atoms with Crippen molar-refractivity contribution in [3.05, 3.63) is 12.1 Å². The minimum atomic E-state index is -3.84. The first-order valence-corrected chi connectivity index (χ1v) is 11.5. The topological polar surface area (TPSA) is 93.2 Å². The fourth-order valence-corrected chi connectivity index (χ4v) is 6.82. The summed E-state index contributed by atoms with van der Waals surface area (Å²) in [6.45, 7) is 1.69. The molecule has 8 nitrogen and oxygen atoms in total. The summed E-state index contributed by atoms with van der Waals surface area (Å²) in [5.41, 5.74) is 0. The molecule has 2 heterocycles. The van der Waals surface area contributed by atoms with Gasteiger partial charge in [-0.1, -0.05) is 0 Å². The fourth-order valence-electron chi connectivity index (χ4n) is 3.38. The summed E-state index contributed by atoms with van der Waals surface area (Å²) in [6.07, 6.45) is 3.15. The summed E-state index contributed by atoms with van der Waals surface area (Å²) in [4.78, 5) is -0.277. The van der Waals surface area contributed by atoms with Gasteiger partial charge in [-0.2, -0.15) is 8.61 Å². The number of ether oxygens (including phenoxy) is 2. The molecule has 0 radical (unpaired) electrons. The van der Waals surface area contributed by atoms with E-state index in [-0.39, 0.29) is 21.3 Å². The van der Waals surface area contributed by atoms with Crippen LogP contribution in [0.3, 0.4) is 0 Å². The third-order valence-electron chi connectivity index (χ3n) is 4.82. The number of benzene rings is 1. The van der Waals surface area contributed by atoms with Crippen molar-refractivity contribution in [1.29, 1.82) is 0 Å². The lowest BCUT2D eigenvalue weighted by Crippen LogP contribution is -2.30. The zero-order valence-corrected chi connectivity index (χ0v) is 16.6. The number of methoxy groups -OCH3 is 2. The monoisotopic (exact) mass is 404 g/mol. The SMILES string of the molecule is COc1cc(OC)c(S(=O)(=O)N2CCCC2)cc1S(=O)(=O)N1CCCC1. The molecule has 0 N–H and O–H groups in total. The highest BCUT2D eigenvalue weighted by molar-refractivity contribution is 7.90. The van der Waals surface area contributed by atoms with E-state index in [2.05, 4.69) is 0 Å². The van der Waals surface area contributed by atoms with E-state index in [1.165, 1.54) is 35.0 Å². The predicted octanol–water partition coefficient (Wildman–Crippen LogP) is 1.27. The number of rotatable bonds is 6. The van der Waals surface area contributed by atoms with Gasteiger partial charge in [-0.3, -0.25) is 0 Å². The van der Waals surface area contributed by atoms with Gasteiger partial charge in [-0.15, -0.1) is 0 Å². The first-order valence-electron chi connectivity index (χ1n) is 8.58. The molecule has 2 aliphatic rings. The second kappa shape index (κ2) is 7.34. The van der Waals surface area contributed by atoms with Gasteiger partial charge in [-0.25, -0.2) is 16.8 Å². The minimum Gasteiger partial charge on any atom is -0.495 e. The molecule has 10 heteroatoms. The van der Waals surface area contributed by atoms with Crippen molar-refractivity contribution in [3.8, 4) is 11.5 Å². The average Bonchev–Trinajstić information content (AvgIpc) is 3.33. The first kappa shape index (κ1) is 19.4. The van der Waals surface area contributed by atoms with Crippen LogP contribution in [-0.2, 0) is 20.0 Å². The Kier molecular flexibility index (Phi) is 5.48. The molecular formula is C16H24N2O6S2. The van der Waals surface area contributed by atoms with Crippen LogP contribution in [0.25, 0.3) is 0 Å². The molecule has 1 aromatic rings. The van der Waals surface area contributed by atoms with Gasteiger partial charge in [0.05, 0.1) is 14.2 Å². The van der Waals surface area contributed by atoms with Crippen LogP contribution in [0, 0.1) is 0 Å². The van der Waals surface area contributed by atoms with Gasteiger partial charge in [0.2, 0.25) is 20.0 Å². The van der Waals surface area contributed by atoms with Crippen LogP contribution in [0.1, 0.15) is 25.7 Å². The Morgan fingerprint density at radius 2 is 1.04 bits per heavy atom. The number of hydrogen-bond acceptors (Lipinski definition) is 6. The highest BCUT2D eigenvalue weighted by atomic mass is 32.2. The lowest BCUT2D eigenvalue weighted by molar-refractivity contribution is 0.374. The van der Waals surface area contributed by atoms with Crippen molar-refractivity contribution in [3.63, 3.8) is 0 Å². The van der Waals surface area contributed by atoms with E-state index in [1.54, 1.807) is 0 Å². The molecule has 0 atom stereocenters. The summed E-state index contributed by atoms with van der Waals surface area (Å²) in [5, 5.41) is 0. The van der Waals surface area contributed by atoms with E-state index in [0.717, 1.165) is 25.7 Å². The van der Waals surface area contributed by atoms with Gasteiger partial charge in [0.15, 0.2) is 0 Å². The van der Waals surface area contributed by atoms with Crippen LogP contribution in [-0.4, -0.2) is 65.8 Å². The van der Waals surface area contributed by atoms with E-state index in [0.29, 0.717) is 26.2 Å². The largest absolute Gasteiger partial charge is 0.495 e. The second-order valence-electron chi connectivity index (χ2n) is 6.38. The first-order chi connectivity index (χ1) is 12.3. The number of nitrogens with zero attached hydrogens (tertiary/aromatic N) is 2. The molecular weight excluding hydrogens is 380 g/mol. The Hall–Kier alpha value is -1.36. The van der Waals surface area contributed by atoms with Crippen LogP contribution in [0.4, 0.5) is 0 Å². The third-order valence-corrected chi connectivity index (χ3v) is 8.66. The second-order valence-corrected chi connectivity index (χ2v) is 10.2. The van der Waals surface area contributed by atoms with Gasteiger partial charge in [-0.05, 0) is 31.7 Å². The van der Waals surface area contributed by atoms with E-state index in [1.807, 2.05) is 0 Å². The lowest BCUT2D eigenvalue weighted by atomic mass is 10.3. The summed E-state index contributed by atoms with van der Waals surface area (Å²) in [6, 6.07) is 2.52. The van der Waals surface area contributed by atoms with Gasteiger partial charge in [0.25, 0.3) is 0 Å². The maximum atomic E-state index is 13.0. The van der Waals surface area contributed by atoms with Gasteiger partial charge in [0.1, 0.15) is 21.3 Å². The lowest BCUT2D eigenvalue weighted by Gasteiger charge is -2.22. The smallest absolute Gasteiger partial charge is 0.246 e. The molecule has 0 aliphatic carbocycles. The molecule has 0 saturated carbocycles. The summed E-state index contributed by atoms with van der Waals surface area (Å²) in [5.74, 6) is 0.156. The minimum absolute atomic E-state index is 0.0779. The molecule has 0 amide bonds. The molecule has 0 spiro atoms. The molecule has 2 saturated heterocycles. The van der Waals surface area contributed by atoms with Crippen LogP contribution in [0.5, 0.6) is 11.5 Å². The Morgan fingerprint density at radius 1 is 0.692 bits per heavy atom. The Bertz CT molecular complexity index is 801. The van der Waals surface area contributed by atoms with Gasteiger partial charge < -0.3 is 9.47 Å². The normalized spacial score (nSPS) is 19.8. The Labute approximate surface area is 154 Å². The summed E-state index contributed by atoms with van der Waals surface area (Å²) in [7, 11) is -4.98. The van der Waals surface area contributed by atoms with Crippen molar-refractivity contribution < 1.29 is 26.3 Å². The maximum absolute atomic E-state index is 13.0. The Balaban J connectivity index is 2.16. The zero-order chi connectivity index (χ0) is 18.9. The fraction of sp³-hybridized carbons (Fsp3) is 0.625. The third kappa shape index (κ3) is 3.30. The van der Waals surface area contributed by atoms with Crippen LogP contribution in [0.2, 0.25) is 0 Å². The van der Waals surface area contributed by atoms with E-state index in [9.17, 15) is 16.8 Å². The molecule has 0 bridgehead atoms. The molecule has 2 aliphatic heterocycles. The summed E-state index contributed by atoms with van der Waals surface area (Å²) >= 11 is 0. The van der Waals surface area contributed by atoms with E-state index >= 15 is 0 Å². The number of sulfonamides is 2. The molecule has 0 aromatic heterocycles. The van der Waals surface area contributed by atoms with Gasteiger partial charge >= 0.3 is 0 Å². The molecule has 3 rings (SSSR count). The molecule has 0 unspecified atom stereocenters. The molecule has 26 heavy (non-hydrogen) atoms. The maximum Gasteiger partial charge on any atom is 0.246 e. The quantitative estimate of drug-likeness (QED) is 0.709. The highest BCUT2D eigenvalue weighted by Crippen LogP contribution is 2.38. The molecule has 2 fully saturated rings. The van der Waals surface area contributed by atoms with Crippen molar-refractivity contribution in [2.45, 2.75) is 35.5 Å². The average molecular weight is 405 g/mol. The van der Waals surface area contributed by atoms with E-state index < -0.39 is 20.0 Å². The van der Waals surface area contributed by atoms with Gasteiger partial charge in [0, 0.05) is 32.2 Å². The van der Waals surface area contributed by atoms with Crippen molar-refractivity contribution in [1.82, 2.24) is 8.61 Å². The summed E-state index contributed by atoms with van der Waals surface area (Å²) < 4.78 is 65.2. The predicted molar refractivity (Wildman–Crippen MR) is 95.5 cm³/mol. The van der Waals surface area contributed by atoms with Crippen molar-refractivity contribution in [2.24, 2.45) is 0 Å². The van der Waals surface area contributed by atoms with Crippen LogP contribution in [0.15, 0.2) is 21.9 Å². The Morgan fingerprint density at radius 3 is 1.35 bits per heavy atom.